The van der Waals surface area contributed by atoms with E-state index in [1.807, 2.05) is 36.5 Å². The molecule has 0 bridgehead atoms. The van der Waals surface area contributed by atoms with Gasteiger partial charge in [0.15, 0.2) is 0 Å². The summed E-state index contributed by atoms with van der Waals surface area (Å²) in [6.45, 7) is 33.1. The van der Waals surface area contributed by atoms with Gasteiger partial charge < -0.3 is 9.47 Å². The molecule has 0 amide bonds. The summed E-state index contributed by atoms with van der Waals surface area (Å²) in [5.41, 5.74) is 4.81. The van der Waals surface area contributed by atoms with Crippen molar-refractivity contribution in [2.24, 2.45) is 0 Å². The fraction of sp³-hybridized carbons (Fsp3) is 0.550. The van der Waals surface area contributed by atoms with Crippen LogP contribution in [0.4, 0.5) is 0 Å². The van der Waals surface area contributed by atoms with Crippen molar-refractivity contribution in [2.75, 3.05) is 13.2 Å². The smallest absolute Gasteiger partial charge is 0.341 e. The van der Waals surface area contributed by atoms with E-state index in [-0.39, 0.29) is 25.2 Å². The highest BCUT2D eigenvalue weighted by Crippen LogP contribution is 2.53. The van der Waals surface area contributed by atoms with Crippen molar-refractivity contribution in [1.29, 1.82) is 0 Å². The molecule has 11 heteroatoms. The highest BCUT2D eigenvalue weighted by molar-refractivity contribution is 7.39. The number of carbonyl (C=O) groups is 2. The van der Waals surface area contributed by atoms with Crippen LogP contribution in [0, 0.1) is 0 Å². The quantitative estimate of drug-likeness (QED) is 0.0827. The molecule has 0 fully saturated rings. The Kier molecular flexibility index (Phi) is 12.4. The molecule has 0 spiro atoms. The molecule has 0 unspecified atom stereocenters. The Balaban J connectivity index is 1.72. The number of ether oxygens (including phenoxy) is 2. The highest BCUT2D eigenvalue weighted by atomic mass is 32.1. The van der Waals surface area contributed by atoms with Crippen LogP contribution < -0.4 is 9.00 Å². The van der Waals surface area contributed by atoms with Crippen LogP contribution in [0.3, 0.4) is 0 Å². The fourth-order valence-electron chi connectivity index (χ4n) is 9.62. The average Bonchev–Trinajstić information content (AvgIpc) is 3.82. The molecular formula is C40H56O4S5Si2. The van der Waals surface area contributed by atoms with Crippen LogP contribution in [0.2, 0.25) is 33.2 Å². The van der Waals surface area contributed by atoms with Crippen molar-refractivity contribution in [3.63, 3.8) is 0 Å². The van der Waals surface area contributed by atoms with E-state index in [4.69, 9.17) is 9.47 Å². The minimum absolute atomic E-state index is 0.286. The molecule has 5 aromatic rings. The minimum atomic E-state index is -1.90. The van der Waals surface area contributed by atoms with Gasteiger partial charge in [-0.3, -0.25) is 0 Å². The largest absolute Gasteiger partial charge is 0.462 e. The van der Waals surface area contributed by atoms with Gasteiger partial charge in [0.2, 0.25) is 0 Å². The monoisotopic (exact) mass is 816 g/mol. The standard InChI is InChI=1S/C40H56O4S5Si2/c1-15-43-39(41)33-35(27-17-18-31(46-27)50(21(3)4,22(5)6)23(7)8)48-38-34(40(42)44-16-2)36(49-37(33)38)30-19-28-29(45-30)20-32(47-28)51(24(9)10,25(11)12)26(13)14/h17-26H,15-16H2,1-14H3. The second-order valence-corrected chi connectivity index (χ2v) is 33.4. The summed E-state index contributed by atoms with van der Waals surface area (Å²) in [4.78, 5) is 31.7. The van der Waals surface area contributed by atoms with Gasteiger partial charge in [0.1, 0.15) is 16.1 Å². The zero-order chi connectivity index (χ0) is 37.7. The third-order valence-corrected chi connectivity index (χ3v) is 33.5. The maximum Gasteiger partial charge on any atom is 0.341 e. The number of fused-ring (bicyclic) bond motifs is 2. The maximum absolute atomic E-state index is 13.9. The van der Waals surface area contributed by atoms with Gasteiger partial charge in [-0.05, 0) is 74.3 Å². The molecule has 0 radical (unpaired) electrons. The van der Waals surface area contributed by atoms with Crippen molar-refractivity contribution in [1.82, 2.24) is 0 Å². The lowest BCUT2D eigenvalue weighted by atomic mass is 10.2. The summed E-state index contributed by atoms with van der Waals surface area (Å²) in [6, 6.07) is 9.27. The first-order valence-electron chi connectivity index (χ1n) is 18.6. The van der Waals surface area contributed by atoms with Gasteiger partial charge in [-0.2, -0.15) is 0 Å². The predicted molar refractivity (Wildman–Crippen MR) is 235 cm³/mol. The van der Waals surface area contributed by atoms with Crippen molar-refractivity contribution in [3.8, 4) is 19.5 Å². The molecule has 0 aliphatic heterocycles. The van der Waals surface area contributed by atoms with E-state index >= 15 is 0 Å². The van der Waals surface area contributed by atoms with E-state index in [2.05, 4.69) is 107 Å². The predicted octanol–water partition coefficient (Wildman–Crippen LogP) is 13.8. The first-order chi connectivity index (χ1) is 24.0. The van der Waals surface area contributed by atoms with Gasteiger partial charge in [0.05, 0.1) is 43.5 Å². The summed E-state index contributed by atoms with van der Waals surface area (Å²) < 4.78 is 18.7. The van der Waals surface area contributed by atoms with Crippen LogP contribution >= 0.6 is 56.7 Å². The van der Waals surface area contributed by atoms with E-state index in [1.54, 1.807) is 38.5 Å². The number of hydrogen-bond acceptors (Lipinski definition) is 9. The van der Waals surface area contributed by atoms with Crippen molar-refractivity contribution in [2.45, 2.75) is 130 Å². The van der Waals surface area contributed by atoms with Crippen LogP contribution in [0.1, 0.15) is 118 Å². The number of thiophene rings is 5. The molecule has 51 heavy (non-hydrogen) atoms. The molecule has 5 rings (SSSR count). The summed E-state index contributed by atoms with van der Waals surface area (Å²) in [5, 5.41) is 0. The van der Waals surface area contributed by atoms with Crippen LogP contribution in [-0.2, 0) is 9.47 Å². The Labute approximate surface area is 327 Å². The molecule has 0 saturated carbocycles. The molecule has 0 aromatic carbocycles. The van der Waals surface area contributed by atoms with E-state index in [1.165, 1.54) is 13.9 Å². The van der Waals surface area contributed by atoms with Crippen LogP contribution in [0.25, 0.3) is 38.3 Å². The molecule has 278 valence electrons. The Morgan fingerprint density at radius 3 is 1.35 bits per heavy atom. The molecule has 5 heterocycles. The van der Waals surface area contributed by atoms with Gasteiger partial charge in [-0.15, -0.1) is 56.7 Å². The van der Waals surface area contributed by atoms with Crippen molar-refractivity contribution in [3.05, 3.63) is 35.4 Å². The van der Waals surface area contributed by atoms with Gasteiger partial charge in [0.25, 0.3) is 0 Å². The van der Waals surface area contributed by atoms with Gasteiger partial charge >= 0.3 is 11.9 Å². The van der Waals surface area contributed by atoms with Crippen molar-refractivity contribution < 1.29 is 19.1 Å². The molecule has 4 nitrogen and oxygen atoms in total. The Morgan fingerprint density at radius 2 is 0.941 bits per heavy atom. The van der Waals surface area contributed by atoms with E-state index < -0.39 is 16.1 Å². The lowest BCUT2D eigenvalue weighted by Gasteiger charge is -2.42. The van der Waals surface area contributed by atoms with Crippen LogP contribution in [-0.4, -0.2) is 41.3 Å². The van der Waals surface area contributed by atoms with Crippen molar-refractivity contribution >= 4 is 113 Å². The topological polar surface area (TPSA) is 52.6 Å². The van der Waals surface area contributed by atoms with Crippen LogP contribution in [0.5, 0.6) is 0 Å². The zero-order valence-electron chi connectivity index (χ0n) is 32.9. The Morgan fingerprint density at radius 1 is 0.529 bits per heavy atom. The molecule has 0 aliphatic carbocycles. The average molecular weight is 817 g/mol. The highest BCUT2D eigenvalue weighted by Gasteiger charge is 2.47. The van der Waals surface area contributed by atoms with E-state index in [9.17, 15) is 9.59 Å². The number of hydrogen-bond donors (Lipinski definition) is 0. The van der Waals surface area contributed by atoms with Crippen LogP contribution in [0.15, 0.2) is 24.3 Å². The molecule has 0 N–H and O–H groups in total. The Bertz CT molecular complexity index is 1940. The van der Waals surface area contributed by atoms with Gasteiger partial charge in [-0.25, -0.2) is 9.59 Å². The summed E-state index contributed by atoms with van der Waals surface area (Å²) in [6.07, 6.45) is 0. The first-order valence-corrected chi connectivity index (χ1v) is 27.1. The lowest BCUT2D eigenvalue weighted by Crippen LogP contribution is -2.54. The normalized spacial score (nSPS) is 13.1. The number of carbonyl (C=O) groups excluding carboxylic acids is 2. The van der Waals surface area contributed by atoms with E-state index in [0.717, 1.165) is 28.9 Å². The second kappa shape index (κ2) is 15.6. The minimum Gasteiger partial charge on any atom is -0.462 e. The molecule has 0 aliphatic rings. The first kappa shape index (κ1) is 40.6. The fourth-order valence-corrected chi connectivity index (χ4v) is 34.2. The van der Waals surface area contributed by atoms with Gasteiger partial charge in [-0.1, -0.05) is 89.2 Å². The summed E-state index contributed by atoms with van der Waals surface area (Å²) in [7, 11) is -3.69. The lowest BCUT2D eigenvalue weighted by molar-refractivity contribution is 0.0519. The zero-order valence-corrected chi connectivity index (χ0v) is 38.9. The van der Waals surface area contributed by atoms with E-state index in [0.29, 0.717) is 44.4 Å². The SMILES string of the molecule is CCOC(=O)c1c(-c2ccc([Si](C(C)C)(C(C)C)C(C)C)s2)sc2c(C(=O)OCC)c(-c3cc4sc([Si](C(C)C)(C(C)C)C(C)C)cc4s3)sc12. The summed E-state index contributed by atoms with van der Waals surface area (Å²) in [5.74, 6) is -0.658. The Hall–Kier alpha value is -1.61. The molecule has 0 atom stereocenters. The summed E-state index contributed by atoms with van der Waals surface area (Å²) >= 11 is 8.65. The maximum atomic E-state index is 13.9. The second-order valence-electron chi connectivity index (χ2n) is 15.6. The van der Waals surface area contributed by atoms with Gasteiger partial charge in [0, 0.05) is 19.2 Å². The molecular weight excluding hydrogens is 761 g/mol. The number of rotatable bonds is 14. The third kappa shape index (κ3) is 6.62. The molecule has 0 saturated heterocycles. The molecule has 5 aromatic heterocycles. The third-order valence-electron chi connectivity index (χ3n) is 11.3. The number of esters is 2.